The van der Waals surface area contributed by atoms with Gasteiger partial charge in [0, 0.05) is 6.04 Å². The van der Waals surface area contributed by atoms with Crippen LogP contribution in [0.5, 0.6) is 0 Å². The molecule has 0 radical (unpaired) electrons. The van der Waals surface area contributed by atoms with Crippen LogP contribution in [-0.2, 0) is 4.79 Å². The molecule has 1 aromatic carbocycles. The molecule has 1 rings (SSSR count). The van der Waals surface area contributed by atoms with Crippen molar-refractivity contribution in [2.45, 2.75) is 39.8 Å². The minimum Gasteiger partial charge on any atom is -0.368 e. The van der Waals surface area contributed by atoms with E-state index in [9.17, 15) is 4.79 Å². The van der Waals surface area contributed by atoms with Crippen LogP contribution in [0.25, 0.3) is 0 Å². The van der Waals surface area contributed by atoms with Crippen molar-refractivity contribution in [2.75, 3.05) is 0 Å². The van der Waals surface area contributed by atoms with E-state index in [2.05, 4.69) is 36.5 Å². The van der Waals surface area contributed by atoms with E-state index in [1.54, 1.807) is 0 Å². The Morgan fingerprint density at radius 3 is 2.12 bits per heavy atom. The van der Waals surface area contributed by atoms with Crippen molar-refractivity contribution in [2.24, 2.45) is 11.7 Å². The molecule has 3 nitrogen and oxygen atoms in total. The third-order valence-electron chi connectivity index (χ3n) is 2.98. The molecular formula is C14H22N2O. The SMILES string of the molecule is Cc1ccc(C(C)NC(C(N)=O)C(C)C)cc1. The second-order valence-electron chi connectivity index (χ2n) is 4.92. The van der Waals surface area contributed by atoms with E-state index in [0.717, 1.165) is 0 Å². The summed E-state index contributed by atoms with van der Waals surface area (Å²) in [4.78, 5) is 11.3. The van der Waals surface area contributed by atoms with Crippen LogP contribution in [0, 0.1) is 12.8 Å². The molecule has 0 saturated heterocycles. The highest BCUT2D eigenvalue weighted by atomic mass is 16.1. The van der Waals surface area contributed by atoms with Gasteiger partial charge in [-0.1, -0.05) is 43.7 Å². The first-order chi connectivity index (χ1) is 7.91. The molecule has 0 heterocycles. The van der Waals surface area contributed by atoms with Crippen molar-refractivity contribution in [3.63, 3.8) is 0 Å². The van der Waals surface area contributed by atoms with E-state index in [-0.39, 0.29) is 23.9 Å². The van der Waals surface area contributed by atoms with Gasteiger partial charge in [0.2, 0.25) is 5.91 Å². The fourth-order valence-corrected chi connectivity index (χ4v) is 1.82. The van der Waals surface area contributed by atoms with E-state index < -0.39 is 0 Å². The minimum atomic E-state index is -0.293. The maximum atomic E-state index is 11.3. The molecule has 0 aliphatic heterocycles. The van der Waals surface area contributed by atoms with Crippen molar-refractivity contribution in [3.8, 4) is 0 Å². The monoisotopic (exact) mass is 234 g/mol. The number of nitrogens with two attached hydrogens (primary N) is 1. The van der Waals surface area contributed by atoms with Crippen molar-refractivity contribution in [1.29, 1.82) is 0 Å². The summed E-state index contributed by atoms with van der Waals surface area (Å²) < 4.78 is 0. The summed E-state index contributed by atoms with van der Waals surface area (Å²) in [5, 5.41) is 3.28. The van der Waals surface area contributed by atoms with Gasteiger partial charge in [0.15, 0.2) is 0 Å². The van der Waals surface area contributed by atoms with Crippen LogP contribution in [0.3, 0.4) is 0 Å². The first-order valence-electron chi connectivity index (χ1n) is 6.03. The Labute approximate surface area is 103 Å². The molecule has 0 aliphatic rings. The molecule has 0 aromatic heterocycles. The molecule has 0 bridgehead atoms. The second kappa shape index (κ2) is 5.82. The van der Waals surface area contributed by atoms with Crippen LogP contribution in [-0.4, -0.2) is 11.9 Å². The van der Waals surface area contributed by atoms with Crippen molar-refractivity contribution < 1.29 is 4.79 Å². The molecular weight excluding hydrogens is 212 g/mol. The number of nitrogens with one attached hydrogen (secondary N) is 1. The highest BCUT2D eigenvalue weighted by molar-refractivity contribution is 5.80. The molecule has 3 heteroatoms. The van der Waals surface area contributed by atoms with Crippen LogP contribution in [0.2, 0.25) is 0 Å². The predicted molar refractivity (Wildman–Crippen MR) is 70.6 cm³/mol. The smallest absolute Gasteiger partial charge is 0.234 e. The molecule has 94 valence electrons. The normalized spacial score (nSPS) is 14.6. The minimum absolute atomic E-state index is 0.121. The quantitative estimate of drug-likeness (QED) is 0.820. The lowest BCUT2D eigenvalue weighted by atomic mass is 10.00. The Balaban J connectivity index is 2.73. The number of benzene rings is 1. The Morgan fingerprint density at radius 1 is 1.18 bits per heavy atom. The highest BCUT2D eigenvalue weighted by Crippen LogP contribution is 2.15. The molecule has 17 heavy (non-hydrogen) atoms. The molecule has 2 atom stereocenters. The summed E-state index contributed by atoms with van der Waals surface area (Å²) in [7, 11) is 0. The fraction of sp³-hybridized carbons (Fsp3) is 0.500. The highest BCUT2D eigenvalue weighted by Gasteiger charge is 2.21. The summed E-state index contributed by atoms with van der Waals surface area (Å²) in [6.45, 7) is 8.08. The van der Waals surface area contributed by atoms with E-state index in [1.165, 1.54) is 11.1 Å². The number of carbonyl (C=O) groups is 1. The van der Waals surface area contributed by atoms with E-state index in [0.29, 0.717) is 0 Å². The molecule has 1 amide bonds. The van der Waals surface area contributed by atoms with Gasteiger partial charge in [-0.05, 0) is 25.3 Å². The zero-order chi connectivity index (χ0) is 13.0. The molecule has 0 fully saturated rings. The second-order valence-corrected chi connectivity index (χ2v) is 4.92. The molecule has 0 aliphatic carbocycles. The Bertz CT molecular complexity index is 370. The average molecular weight is 234 g/mol. The Kier molecular flexibility index (Phi) is 4.70. The number of carbonyl (C=O) groups excluding carboxylic acids is 1. The lowest BCUT2D eigenvalue weighted by molar-refractivity contribution is -0.121. The first-order valence-corrected chi connectivity index (χ1v) is 6.03. The largest absolute Gasteiger partial charge is 0.368 e. The average Bonchev–Trinajstić information content (AvgIpc) is 2.25. The number of aryl methyl sites for hydroxylation is 1. The van der Waals surface area contributed by atoms with Crippen LogP contribution in [0.15, 0.2) is 24.3 Å². The zero-order valence-electron chi connectivity index (χ0n) is 11.0. The van der Waals surface area contributed by atoms with Gasteiger partial charge in [-0.25, -0.2) is 0 Å². The van der Waals surface area contributed by atoms with Gasteiger partial charge in [-0.15, -0.1) is 0 Å². The Morgan fingerprint density at radius 2 is 1.71 bits per heavy atom. The van der Waals surface area contributed by atoms with E-state index in [4.69, 9.17) is 5.73 Å². The van der Waals surface area contributed by atoms with Gasteiger partial charge in [-0.2, -0.15) is 0 Å². The summed E-state index contributed by atoms with van der Waals surface area (Å²) in [5.74, 6) is -0.0978. The van der Waals surface area contributed by atoms with E-state index in [1.807, 2.05) is 20.8 Å². The predicted octanol–water partition coefficient (Wildman–Crippen LogP) is 2.16. The number of primary amides is 1. The lowest BCUT2D eigenvalue weighted by Crippen LogP contribution is -2.45. The molecule has 1 aromatic rings. The molecule has 2 unspecified atom stereocenters. The third-order valence-corrected chi connectivity index (χ3v) is 2.98. The zero-order valence-corrected chi connectivity index (χ0v) is 11.0. The van der Waals surface area contributed by atoms with Gasteiger partial charge in [0.1, 0.15) is 0 Å². The summed E-state index contributed by atoms with van der Waals surface area (Å²) >= 11 is 0. The number of rotatable bonds is 5. The summed E-state index contributed by atoms with van der Waals surface area (Å²) in [6.07, 6.45) is 0. The maximum absolute atomic E-state index is 11.3. The number of hydrogen-bond acceptors (Lipinski definition) is 2. The van der Waals surface area contributed by atoms with Crippen LogP contribution >= 0.6 is 0 Å². The number of hydrogen-bond donors (Lipinski definition) is 2. The fourth-order valence-electron chi connectivity index (χ4n) is 1.82. The summed E-state index contributed by atoms with van der Waals surface area (Å²) in [5.41, 5.74) is 7.79. The summed E-state index contributed by atoms with van der Waals surface area (Å²) in [6, 6.07) is 8.13. The van der Waals surface area contributed by atoms with E-state index >= 15 is 0 Å². The molecule has 0 saturated carbocycles. The van der Waals surface area contributed by atoms with Gasteiger partial charge in [0.05, 0.1) is 6.04 Å². The standard InChI is InChI=1S/C14H22N2O/c1-9(2)13(14(15)17)16-11(4)12-7-5-10(3)6-8-12/h5-9,11,13,16H,1-4H3,(H2,15,17). The van der Waals surface area contributed by atoms with Gasteiger partial charge in [-0.3, -0.25) is 10.1 Å². The van der Waals surface area contributed by atoms with Crippen molar-refractivity contribution >= 4 is 5.91 Å². The van der Waals surface area contributed by atoms with Gasteiger partial charge < -0.3 is 5.73 Å². The van der Waals surface area contributed by atoms with Crippen molar-refractivity contribution in [3.05, 3.63) is 35.4 Å². The van der Waals surface area contributed by atoms with Crippen molar-refractivity contribution in [1.82, 2.24) is 5.32 Å². The van der Waals surface area contributed by atoms with Crippen LogP contribution in [0.1, 0.15) is 37.9 Å². The third kappa shape index (κ3) is 3.86. The number of amides is 1. The Hall–Kier alpha value is -1.35. The first kappa shape index (κ1) is 13.7. The van der Waals surface area contributed by atoms with Gasteiger partial charge >= 0.3 is 0 Å². The van der Waals surface area contributed by atoms with Crippen LogP contribution in [0.4, 0.5) is 0 Å². The van der Waals surface area contributed by atoms with Crippen LogP contribution < -0.4 is 11.1 Å². The topological polar surface area (TPSA) is 55.1 Å². The lowest BCUT2D eigenvalue weighted by Gasteiger charge is -2.24. The molecule has 0 spiro atoms. The molecule has 3 N–H and O–H groups in total. The van der Waals surface area contributed by atoms with Gasteiger partial charge in [0.25, 0.3) is 0 Å². The maximum Gasteiger partial charge on any atom is 0.234 e.